The van der Waals surface area contributed by atoms with Gasteiger partial charge in [-0.1, -0.05) is 19.9 Å². The molecule has 9 heteroatoms. The summed E-state index contributed by atoms with van der Waals surface area (Å²) in [6.07, 6.45) is -0.571. The second-order valence-electron chi connectivity index (χ2n) is 6.38. The Hall–Kier alpha value is -2.91. The van der Waals surface area contributed by atoms with E-state index >= 15 is 0 Å². The fraction of sp³-hybridized carbons (Fsp3) is 0.263. The van der Waals surface area contributed by atoms with E-state index in [0.29, 0.717) is 23.5 Å². The number of carbonyl (C=O) groups excluding carboxylic acids is 2. The Bertz CT molecular complexity index is 940. The molecule has 0 aromatic heterocycles. The number of carbonyl (C=O) groups is 2. The number of rotatable bonds is 7. The standard InChI is InChI=1S/C19H23N3O5S/c1-13(2)12-27-19(24)22-16-6-4-5-15(11-16)21-18(23)14-7-9-17(10-8-14)28(25,26)20-3/h4-11,13,20H,12H2,1-3H3,(H,21,23)(H,22,24). The quantitative estimate of drug-likeness (QED) is 0.655. The van der Waals surface area contributed by atoms with E-state index in [1.54, 1.807) is 24.3 Å². The normalized spacial score (nSPS) is 11.1. The summed E-state index contributed by atoms with van der Waals surface area (Å²) < 4.78 is 30.7. The van der Waals surface area contributed by atoms with Gasteiger partial charge in [-0.15, -0.1) is 0 Å². The molecular formula is C19H23N3O5S. The van der Waals surface area contributed by atoms with Crippen LogP contribution in [-0.4, -0.2) is 34.1 Å². The highest BCUT2D eigenvalue weighted by atomic mass is 32.2. The molecule has 0 heterocycles. The Morgan fingerprint density at radius 3 is 2.18 bits per heavy atom. The minimum absolute atomic E-state index is 0.0673. The maximum absolute atomic E-state index is 12.4. The average molecular weight is 405 g/mol. The lowest BCUT2D eigenvalue weighted by Gasteiger charge is -2.11. The van der Waals surface area contributed by atoms with Gasteiger partial charge in [-0.3, -0.25) is 10.1 Å². The molecule has 0 bridgehead atoms. The van der Waals surface area contributed by atoms with Crippen LogP contribution in [0, 0.1) is 5.92 Å². The van der Waals surface area contributed by atoms with Crippen molar-refractivity contribution in [3.63, 3.8) is 0 Å². The van der Waals surface area contributed by atoms with Crippen LogP contribution in [-0.2, 0) is 14.8 Å². The molecule has 0 unspecified atom stereocenters. The van der Waals surface area contributed by atoms with Crippen LogP contribution >= 0.6 is 0 Å². The summed E-state index contributed by atoms with van der Waals surface area (Å²) >= 11 is 0. The fourth-order valence-electron chi connectivity index (χ4n) is 2.18. The first-order chi connectivity index (χ1) is 13.2. The first-order valence-electron chi connectivity index (χ1n) is 8.60. The molecule has 0 saturated heterocycles. The average Bonchev–Trinajstić information content (AvgIpc) is 2.66. The van der Waals surface area contributed by atoms with E-state index in [1.165, 1.54) is 31.3 Å². The Labute approximate surface area is 164 Å². The first-order valence-corrected chi connectivity index (χ1v) is 10.1. The second kappa shape index (κ2) is 9.34. The molecule has 150 valence electrons. The highest BCUT2D eigenvalue weighted by Gasteiger charge is 2.13. The van der Waals surface area contributed by atoms with Gasteiger partial charge < -0.3 is 10.1 Å². The van der Waals surface area contributed by atoms with E-state index in [2.05, 4.69) is 15.4 Å². The molecule has 0 spiro atoms. The number of anilines is 2. The molecule has 28 heavy (non-hydrogen) atoms. The van der Waals surface area contributed by atoms with Crippen molar-refractivity contribution in [3.8, 4) is 0 Å². The monoisotopic (exact) mass is 405 g/mol. The minimum atomic E-state index is -3.56. The van der Waals surface area contributed by atoms with Crippen LogP contribution in [0.3, 0.4) is 0 Å². The predicted molar refractivity (Wildman–Crippen MR) is 107 cm³/mol. The summed E-state index contributed by atoms with van der Waals surface area (Å²) in [5.41, 5.74) is 1.24. The summed E-state index contributed by atoms with van der Waals surface area (Å²) in [4.78, 5) is 24.2. The van der Waals surface area contributed by atoms with Crippen LogP contribution in [0.1, 0.15) is 24.2 Å². The highest BCUT2D eigenvalue weighted by molar-refractivity contribution is 7.89. The number of sulfonamides is 1. The summed E-state index contributed by atoms with van der Waals surface area (Å²) in [7, 11) is -2.25. The first kappa shape index (κ1) is 21.4. The van der Waals surface area contributed by atoms with Crippen molar-refractivity contribution in [2.24, 2.45) is 5.92 Å². The molecule has 0 aliphatic carbocycles. The number of amides is 2. The van der Waals surface area contributed by atoms with Gasteiger partial charge in [0, 0.05) is 16.9 Å². The third-order valence-electron chi connectivity index (χ3n) is 3.61. The maximum atomic E-state index is 12.4. The molecule has 0 aliphatic heterocycles. The summed E-state index contributed by atoms with van der Waals surface area (Å²) in [5.74, 6) is -0.182. The van der Waals surface area contributed by atoms with Crippen molar-refractivity contribution < 1.29 is 22.7 Å². The lowest BCUT2D eigenvalue weighted by molar-refractivity contribution is 0.102. The topological polar surface area (TPSA) is 114 Å². The van der Waals surface area contributed by atoms with Gasteiger partial charge in [0.05, 0.1) is 11.5 Å². The third-order valence-corrected chi connectivity index (χ3v) is 5.04. The predicted octanol–water partition coefficient (Wildman–Crippen LogP) is 3.05. The molecule has 0 radical (unpaired) electrons. The van der Waals surface area contributed by atoms with Crippen molar-refractivity contribution in [1.29, 1.82) is 0 Å². The van der Waals surface area contributed by atoms with E-state index in [-0.39, 0.29) is 10.8 Å². The fourth-order valence-corrected chi connectivity index (χ4v) is 2.91. The molecule has 2 amide bonds. The Kier molecular flexibility index (Phi) is 7.13. The SMILES string of the molecule is CNS(=O)(=O)c1ccc(C(=O)Nc2cccc(NC(=O)OCC(C)C)c2)cc1. The zero-order valence-electron chi connectivity index (χ0n) is 15.9. The van der Waals surface area contributed by atoms with Crippen LogP contribution in [0.25, 0.3) is 0 Å². The van der Waals surface area contributed by atoms with Crippen molar-refractivity contribution in [1.82, 2.24) is 4.72 Å². The van der Waals surface area contributed by atoms with Gasteiger partial charge >= 0.3 is 6.09 Å². The van der Waals surface area contributed by atoms with E-state index in [9.17, 15) is 18.0 Å². The van der Waals surface area contributed by atoms with Gasteiger partial charge in [-0.2, -0.15) is 0 Å². The molecule has 3 N–H and O–H groups in total. The minimum Gasteiger partial charge on any atom is -0.449 e. The number of benzene rings is 2. The smallest absolute Gasteiger partial charge is 0.411 e. The van der Waals surface area contributed by atoms with E-state index in [4.69, 9.17) is 4.74 Å². The van der Waals surface area contributed by atoms with E-state index in [0.717, 1.165) is 0 Å². The number of nitrogens with one attached hydrogen (secondary N) is 3. The molecule has 0 fully saturated rings. The van der Waals surface area contributed by atoms with Crippen LogP contribution in [0.5, 0.6) is 0 Å². The molecule has 0 atom stereocenters. The lowest BCUT2D eigenvalue weighted by atomic mass is 10.2. The Balaban J connectivity index is 2.03. The Morgan fingerprint density at radius 2 is 1.61 bits per heavy atom. The Morgan fingerprint density at radius 1 is 1.00 bits per heavy atom. The second-order valence-corrected chi connectivity index (χ2v) is 8.27. The molecule has 0 aliphatic rings. The van der Waals surface area contributed by atoms with Crippen molar-refractivity contribution in [3.05, 3.63) is 54.1 Å². The van der Waals surface area contributed by atoms with Crippen molar-refractivity contribution >= 4 is 33.4 Å². The van der Waals surface area contributed by atoms with Crippen LogP contribution < -0.4 is 15.4 Å². The molecule has 8 nitrogen and oxygen atoms in total. The van der Waals surface area contributed by atoms with Gasteiger partial charge in [0.15, 0.2) is 0 Å². The number of ether oxygens (including phenoxy) is 1. The largest absolute Gasteiger partial charge is 0.449 e. The van der Waals surface area contributed by atoms with Crippen LogP contribution in [0.4, 0.5) is 16.2 Å². The number of hydrogen-bond acceptors (Lipinski definition) is 5. The van der Waals surface area contributed by atoms with Crippen molar-refractivity contribution in [2.75, 3.05) is 24.3 Å². The maximum Gasteiger partial charge on any atom is 0.411 e. The van der Waals surface area contributed by atoms with Gasteiger partial charge in [0.1, 0.15) is 0 Å². The lowest BCUT2D eigenvalue weighted by Crippen LogP contribution is -2.19. The van der Waals surface area contributed by atoms with Gasteiger partial charge in [-0.05, 0) is 55.4 Å². The van der Waals surface area contributed by atoms with Gasteiger partial charge in [0.25, 0.3) is 5.91 Å². The number of hydrogen-bond donors (Lipinski definition) is 3. The van der Waals surface area contributed by atoms with E-state index < -0.39 is 22.0 Å². The van der Waals surface area contributed by atoms with Gasteiger partial charge in [0.2, 0.25) is 10.0 Å². The highest BCUT2D eigenvalue weighted by Crippen LogP contribution is 2.17. The summed E-state index contributed by atoms with van der Waals surface area (Å²) in [5, 5.41) is 5.29. The third kappa shape index (κ3) is 6.07. The van der Waals surface area contributed by atoms with Crippen molar-refractivity contribution in [2.45, 2.75) is 18.7 Å². The van der Waals surface area contributed by atoms with Gasteiger partial charge in [-0.25, -0.2) is 17.9 Å². The zero-order chi connectivity index (χ0) is 20.7. The summed E-state index contributed by atoms with van der Waals surface area (Å²) in [6, 6.07) is 12.2. The molecule has 0 saturated carbocycles. The molecule has 2 rings (SSSR count). The molecule has 2 aromatic carbocycles. The molecular weight excluding hydrogens is 382 g/mol. The van der Waals surface area contributed by atoms with E-state index in [1.807, 2.05) is 13.8 Å². The van der Waals surface area contributed by atoms with Crippen LogP contribution in [0.2, 0.25) is 0 Å². The molecule has 2 aromatic rings. The van der Waals surface area contributed by atoms with Crippen LogP contribution in [0.15, 0.2) is 53.4 Å². The zero-order valence-corrected chi connectivity index (χ0v) is 16.7. The summed E-state index contributed by atoms with van der Waals surface area (Å²) in [6.45, 7) is 4.18.